The highest BCUT2D eigenvalue weighted by molar-refractivity contribution is 6.39. The summed E-state index contributed by atoms with van der Waals surface area (Å²) in [5, 5.41) is 4.93. The summed E-state index contributed by atoms with van der Waals surface area (Å²) in [5.41, 5.74) is 3.85. The van der Waals surface area contributed by atoms with Crippen LogP contribution in [-0.4, -0.2) is 43.3 Å². The molecule has 1 aromatic heterocycles. The lowest BCUT2D eigenvalue weighted by Crippen LogP contribution is -2.34. The molecule has 2 heterocycles. The number of nitrogens with one attached hydrogen (secondary N) is 2. The van der Waals surface area contributed by atoms with Crippen molar-refractivity contribution >= 4 is 47.0 Å². The number of hydrogen-bond donors (Lipinski definition) is 2. The van der Waals surface area contributed by atoms with Crippen LogP contribution < -0.4 is 15.5 Å². The minimum atomic E-state index is -0.907. The number of benzene rings is 2. The number of hydrogen-bond acceptors (Lipinski definition) is 9. The van der Waals surface area contributed by atoms with Gasteiger partial charge in [0.1, 0.15) is 17.1 Å². The second-order valence-corrected chi connectivity index (χ2v) is 9.73. The third-order valence-corrected chi connectivity index (χ3v) is 6.50. The van der Waals surface area contributed by atoms with Crippen LogP contribution in [0.5, 0.6) is 0 Å². The number of Topliss-reactive ketones (excluding diaryl/α,β-unsaturated/α-hetero) is 1. The average molecular weight is 586 g/mol. The number of allylic oxidation sites excluding steroid dienone is 2. The predicted octanol–water partition coefficient (Wildman–Crippen LogP) is 4.21. The van der Waals surface area contributed by atoms with Gasteiger partial charge in [-0.15, -0.1) is 0 Å². The SMILES string of the molecule is CCOC(=O)c1ccc(NC(=O)C(=O)NCc2ccc(/C=C3\C(=O)C(C(=O)OC)=C(C)N3c3cc(C)cc(C)c3)o2)cc1. The van der Waals surface area contributed by atoms with Gasteiger partial charge in [0.2, 0.25) is 5.78 Å². The van der Waals surface area contributed by atoms with E-state index in [1.165, 1.54) is 37.5 Å². The predicted molar refractivity (Wildman–Crippen MR) is 158 cm³/mol. The smallest absolute Gasteiger partial charge is 0.343 e. The Bertz CT molecular complexity index is 1640. The molecule has 11 nitrogen and oxygen atoms in total. The topological polar surface area (TPSA) is 144 Å². The van der Waals surface area contributed by atoms with E-state index in [1.54, 1.807) is 30.9 Å². The molecule has 222 valence electrons. The zero-order valence-electron chi connectivity index (χ0n) is 24.4. The summed E-state index contributed by atoms with van der Waals surface area (Å²) in [6.45, 7) is 7.38. The Kier molecular flexibility index (Phi) is 9.24. The summed E-state index contributed by atoms with van der Waals surface area (Å²) in [4.78, 5) is 64.0. The van der Waals surface area contributed by atoms with Gasteiger partial charge in [-0.2, -0.15) is 0 Å². The van der Waals surface area contributed by atoms with Gasteiger partial charge in [0.25, 0.3) is 0 Å². The molecular weight excluding hydrogens is 554 g/mol. The number of ether oxygens (including phenoxy) is 2. The Balaban J connectivity index is 1.46. The van der Waals surface area contributed by atoms with E-state index in [1.807, 2.05) is 32.0 Å². The molecular formula is C32H31N3O8. The molecule has 0 bridgehead atoms. The van der Waals surface area contributed by atoms with E-state index >= 15 is 0 Å². The fourth-order valence-corrected chi connectivity index (χ4v) is 4.61. The molecule has 0 spiro atoms. The van der Waals surface area contributed by atoms with Crippen molar-refractivity contribution in [2.45, 2.75) is 34.2 Å². The molecule has 2 N–H and O–H groups in total. The Morgan fingerprint density at radius 1 is 0.907 bits per heavy atom. The second-order valence-electron chi connectivity index (χ2n) is 9.73. The molecule has 11 heteroatoms. The molecule has 1 aliphatic rings. The molecule has 1 aliphatic heterocycles. The van der Waals surface area contributed by atoms with Crippen molar-refractivity contribution < 1.29 is 37.9 Å². The van der Waals surface area contributed by atoms with Gasteiger partial charge in [-0.05, 0) is 87.4 Å². The average Bonchev–Trinajstić information content (AvgIpc) is 3.52. The van der Waals surface area contributed by atoms with Crippen molar-refractivity contribution in [3.8, 4) is 0 Å². The molecule has 0 saturated heterocycles. The standard InChI is InChI=1S/C32H31N3O8/c1-6-42-31(39)21-7-9-22(10-8-21)34-30(38)29(37)33-17-25-12-11-24(43-25)16-26-28(36)27(32(40)41-5)20(4)35(26)23-14-18(2)13-19(3)15-23/h7-16H,6,17H2,1-5H3,(H,33,37)(H,34,38)/b26-16+. The van der Waals surface area contributed by atoms with Crippen LogP contribution >= 0.6 is 0 Å². The number of rotatable bonds is 8. The lowest BCUT2D eigenvalue weighted by molar-refractivity contribution is -0.137. The van der Waals surface area contributed by atoms with E-state index < -0.39 is 29.5 Å². The van der Waals surface area contributed by atoms with Crippen molar-refractivity contribution in [2.75, 3.05) is 23.9 Å². The maximum atomic E-state index is 13.4. The summed E-state index contributed by atoms with van der Waals surface area (Å²) < 4.78 is 15.6. The number of methoxy groups -OCH3 is 1. The first kappa shape index (κ1) is 30.5. The van der Waals surface area contributed by atoms with E-state index in [0.29, 0.717) is 34.2 Å². The first-order valence-electron chi connectivity index (χ1n) is 13.4. The number of esters is 2. The first-order chi connectivity index (χ1) is 20.5. The monoisotopic (exact) mass is 585 g/mol. The number of nitrogens with zero attached hydrogens (tertiary/aromatic N) is 1. The lowest BCUT2D eigenvalue weighted by Gasteiger charge is -2.22. The van der Waals surface area contributed by atoms with Gasteiger partial charge in [-0.25, -0.2) is 9.59 Å². The Labute approximate surface area is 248 Å². The van der Waals surface area contributed by atoms with Crippen LogP contribution in [0.2, 0.25) is 0 Å². The number of aryl methyl sites for hydroxylation is 2. The van der Waals surface area contributed by atoms with E-state index in [-0.39, 0.29) is 24.4 Å². The first-order valence-corrected chi connectivity index (χ1v) is 13.4. The number of ketones is 1. The van der Waals surface area contributed by atoms with Gasteiger partial charge in [0.05, 0.1) is 31.5 Å². The molecule has 3 aromatic rings. The number of furan rings is 1. The number of amides is 2. The summed E-state index contributed by atoms with van der Waals surface area (Å²) >= 11 is 0. The molecule has 0 atom stereocenters. The van der Waals surface area contributed by atoms with Crippen molar-refractivity contribution in [3.05, 3.63) is 99.8 Å². The summed E-state index contributed by atoms with van der Waals surface area (Å²) in [6, 6.07) is 14.9. The van der Waals surface area contributed by atoms with Crippen LogP contribution in [-0.2, 0) is 35.2 Å². The molecule has 0 aliphatic carbocycles. The molecule has 4 rings (SSSR count). The van der Waals surface area contributed by atoms with Crippen LogP contribution in [0.4, 0.5) is 11.4 Å². The highest BCUT2D eigenvalue weighted by Gasteiger charge is 2.38. The minimum Gasteiger partial charge on any atom is -0.465 e. The molecule has 0 radical (unpaired) electrons. The normalized spacial score (nSPS) is 13.7. The van der Waals surface area contributed by atoms with Crippen LogP contribution in [0, 0.1) is 13.8 Å². The minimum absolute atomic E-state index is 0.0755. The van der Waals surface area contributed by atoms with E-state index in [2.05, 4.69) is 10.6 Å². The van der Waals surface area contributed by atoms with Gasteiger partial charge in [-0.3, -0.25) is 14.4 Å². The summed E-state index contributed by atoms with van der Waals surface area (Å²) in [6.07, 6.45) is 1.51. The number of carbonyl (C=O) groups is 5. The fraction of sp³-hybridized carbons (Fsp3) is 0.219. The zero-order valence-corrected chi connectivity index (χ0v) is 24.4. The third-order valence-electron chi connectivity index (χ3n) is 6.50. The van der Waals surface area contributed by atoms with Crippen LogP contribution in [0.15, 0.2) is 76.0 Å². The van der Waals surface area contributed by atoms with Gasteiger partial charge in [0, 0.05) is 23.1 Å². The fourth-order valence-electron chi connectivity index (χ4n) is 4.61. The Morgan fingerprint density at radius 3 is 2.21 bits per heavy atom. The number of carbonyl (C=O) groups excluding carboxylic acids is 5. The Hall–Kier alpha value is -5.45. The van der Waals surface area contributed by atoms with E-state index in [0.717, 1.165) is 11.1 Å². The quantitative estimate of drug-likeness (QED) is 0.172. The zero-order chi connectivity index (χ0) is 31.3. The second kappa shape index (κ2) is 13.0. The van der Waals surface area contributed by atoms with Crippen molar-refractivity contribution in [1.82, 2.24) is 5.32 Å². The maximum Gasteiger partial charge on any atom is 0.343 e. The van der Waals surface area contributed by atoms with Crippen molar-refractivity contribution in [2.24, 2.45) is 0 Å². The van der Waals surface area contributed by atoms with Crippen LogP contribution in [0.3, 0.4) is 0 Å². The lowest BCUT2D eigenvalue weighted by atomic mass is 10.1. The van der Waals surface area contributed by atoms with Crippen molar-refractivity contribution in [3.63, 3.8) is 0 Å². The third kappa shape index (κ3) is 6.89. The van der Waals surface area contributed by atoms with Gasteiger partial charge < -0.3 is 29.4 Å². The van der Waals surface area contributed by atoms with Gasteiger partial charge >= 0.3 is 23.8 Å². The highest BCUT2D eigenvalue weighted by Crippen LogP contribution is 2.36. The molecule has 0 unspecified atom stereocenters. The summed E-state index contributed by atoms with van der Waals surface area (Å²) in [7, 11) is 1.22. The number of anilines is 2. The molecule has 0 fully saturated rings. The molecule has 2 aromatic carbocycles. The van der Waals surface area contributed by atoms with Crippen LogP contribution in [0.1, 0.15) is 46.9 Å². The maximum absolute atomic E-state index is 13.4. The van der Waals surface area contributed by atoms with E-state index in [9.17, 15) is 24.0 Å². The Morgan fingerprint density at radius 2 is 1.58 bits per heavy atom. The molecule has 2 amide bonds. The highest BCUT2D eigenvalue weighted by atomic mass is 16.5. The molecule has 43 heavy (non-hydrogen) atoms. The van der Waals surface area contributed by atoms with Gasteiger partial charge in [-0.1, -0.05) is 6.07 Å². The molecule has 0 saturated carbocycles. The van der Waals surface area contributed by atoms with Crippen molar-refractivity contribution in [1.29, 1.82) is 0 Å². The van der Waals surface area contributed by atoms with Gasteiger partial charge in [0.15, 0.2) is 0 Å². The summed E-state index contributed by atoms with van der Waals surface area (Å²) in [5.74, 6) is -2.93. The largest absolute Gasteiger partial charge is 0.465 e. The van der Waals surface area contributed by atoms with E-state index in [4.69, 9.17) is 13.9 Å². The van der Waals surface area contributed by atoms with Crippen LogP contribution in [0.25, 0.3) is 6.08 Å².